The number of carbonyl (C=O) groups excluding carboxylic acids is 1. The highest BCUT2D eigenvalue weighted by Crippen LogP contribution is 2.24. The van der Waals surface area contributed by atoms with Crippen molar-refractivity contribution in [3.8, 4) is 0 Å². The van der Waals surface area contributed by atoms with Crippen LogP contribution in [0.5, 0.6) is 0 Å². The second kappa shape index (κ2) is 3.28. The molecule has 3 nitrogen and oxygen atoms in total. The van der Waals surface area contributed by atoms with E-state index in [4.69, 9.17) is 4.74 Å². The summed E-state index contributed by atoms with van der Waals surface area (Å²) in [5.41, 5.74) is 0.723. The van der Waals surface area contributed by atoms with Crippen molar-refractivity contribution >= 4 is 5.78 Å². The minimum atomic E-state index is -0.817. The van der Waals surface area contributed by atoms with Crippen molar-refractivity contribution in [2.75, 3.05) is 6.61 Å². The van der Waals surface area contributed by atoms with Crippen LogP contribution in [0.1, 0.15) is 11.7 Å². The van der Waals surface area contributed by atoms with Crippen molar-refractivity contribution in [1.29, 1.82) is 0 Å². The molecule has 2 atom stereocenters. The Bertz CT molecular complexity index is 307. The topological polar surface area (TPSA) is 46.5 Å². The van der Waals surface area contributed by atoms with E-state index in [-0.39, 0.29) is 12.4 Å². The van der Waals surface area contributed by atoms with Crippen molar-refractivity contribution in [3.63, 3.8) is 0 Å². The monoisotopic (exact) mass is 178 g/mol. The molecule has 1 aromatic carbocycles. The maximum Gasteiger partial charge on any atom is 0.190 e. The summed E-state index contributed by atoms with van der Waals surface area (Å²) in [7, 11) is 0. The van der Waals surface area contributed by atoms with Crippen LogP contribution in [-0.2, 0) is 9.53 Å². The zero-order valence-electron chi connectivity index (χ0n) is 7.01. The van der Waals surface area contributed by atoms with Crippen LogP contribution in [0.2, 0.25) is 0 Å². The number of ketones is 1. The van der Waals surface area contributed by atoms with Gasteiger partial charge in [0, 0.05) is 0 Å². The largest absolute Gasteiger partial charge is 0.385 e. The minimum absolute atomic E-state index is 0.0312. The predicted molar refractivity (Wildman–Crippen MR) is 46.1 cm³/mol. The van der Waals surface area contributed by atoms with Gasteiger partial charge in [-0.2, -0.15) is 0 Å². The summed E-state index contributed by atoms with van der Waals surface area (Å²) in [5.74, 6) is -0.0312. The lowest BCUT2D eigenvalue weighted by Gasteiger charge is -2.29. The predicted octanol–water partition coefficient (Wildman–Crippen LogP) is 0.688. The number of hydrogen-bond donors (Lipinski definition) is 1. The van der Waals surface area contributed by atoms with Gasteiger partial charge in [0.15, 0.2) is 5.78 Å². The van der Waals surface area contributed by atoms with E-state index in [1.807, 2.05) is 18.2 Å². The molecule has 13 heavy (non-hydrogen) atoms. The smallest absolute Gasteiger partial charge is 0.190 e. The van der Waals surface area contributed by atoms with Crippen molar-refractivity contribution in [1.82, 2.24) is 0 Å². The van der Waals surface area contributed by atoms with Crippen LogP contribution in [0.4, 0.5) is 0 Å². The molecule has 1 heterocycles. The van der Waals surface area contributed by atoms with E-state index < -0.39 is 12.2 Å². The Balaban J connectivity index is 2.13. The molecule has 1 aliphatic rings. The minimum Gasteiger partial charge on any atom is -0.385 e. The molecule has 1 aliphatic heterocycles. The summed E-state index contributed by atoms with van der Waals surface area (Å²) in [6.07, 6.45) is -1.47. The Kier molecular flexibility index (Phi) is 2.12. The fraction of sp³-hybridized carbons (Fsp3) is 0.300. The molecule has 3 heteroatoms. The van der Waals surface area contributed by atoms with E-state index in [1.165, 1.54) is 0 Å². The summed E-state index contributed by atoms with van der Waals surface area (Å²) >= 11 is 0. The SMILES string of the molecule is O=C1COC1[C@H](O)c1ccccc1. The molecule has 0 aromatic heterocycles. The van der Waals surface area contributed by atoms with Gasteiger partial charge in [-0.3, -0.25) is 4.79 Å². The van der Waals surface area contributed by atoms with Gasteiger partial charge in [-0.15, -0.1) is 0 Å². The number of aliphatic hydroxyl groups is 1. The molecule has 0 aliphatic carbocycles. The third-order valence-corrected chi connectivity index (χ3v) is 2.15. The number of ether oxygens (including phenoxy) is 1. The fourth-order valence-corrected chi connectivity index (χ4v) is 1.34. The molecule has 0 spiro atoms. The van der Waals surface area contributed by atoms with Gasteiger partial charge < -0.3 is 9.84 Å². The third-order valence-electron chi connectivity index (χ3n) is 2.15. The Morgan fingerprint density at radius 2 is 2.08 bits per heavy atom. The summed E-state index contributed by atoms with van der Waals surface area (Å²) in [6, 6.07) is 9.06. The first-order valence-electron chi connectivity index (χ1n) is 4.16. The summed E-state index contributed by atoms with van der Waals surface area (Å²) in [5, 5.41) is 9.66. The van der Waals surface area contributed by atoms with Crippen LogP contribution in [0.3, 0.4) is 0 Å². The average molecular weight is 178 g/mol. The quantitative estimate of drug-likeness (QED) is 0.724. The molecule has 1 N–H and O–H groups in total. The lowest BCUT2D eigenvalue weighted by Crippen LogP contribution is -2.44. The van der Waals surface area contributed by atoms with E-state index >= 15 is 0 Å². The Morgan fingerprint density at radius 3 is 2.54 bits per heavy atom. The van der Waals surface area contributed by atoms with Gasteiger partial charge in [-0.05, 0) is 5.56 Å². The maximum atomic E-state index is 11.0. The van der Waals surface area contributed by atoms with Gasteiger partial charge in [-0.25, -0.2) is 0 Å². The van der Waals surface area contributed by atoms with Crippen molar-refractivity contribution < 1.29 is 14.6 Å². The van der Waals surface area contributed by atoms with Crippen LogP contribution in [0.25, 0.3) is 0 Å². The highest BCUT2D eigenvalue weighted by molar-refractivity contribution is 5.89. The first-order valence-corrected chi connectivity index (χ1v) is 4.16. The molecule has 68 valence electrons. The molecular formula is C10H10O3. The van der Waals surface area contributed by atoms with Crippen molar-refractivity contribution in [2.24, 2.45) is 0 Å². The number of Topliss-reactive ketones (excluding diaryl/α,β-unsaturated/α-hetero) is 1. The fourth-order valence-electron chi connectivity index (χ4n) is 1.34. The second-order valence-corrected chi connectivity index (χ2v) is 3.05. The van der Waals surface area contributed by atoms with E-state index in [0.29, 0.717) is 0 Å². The number of hydrogen-bond acceptors (Lipinski definition) is 3. The Morgan fingerprint density at radius 1 is 1.38 bits per heavy atom. The number of benzene rings is 1. The summed E-state index contributed by atoms with van der Waals surface area (Å²) in [6.45, 7) is 0.133. The third kappa shape index (κ3) is 1.48. The van der Waals surface area contributed by atoms with Crippen LogP contribution < -0.4 is 0 Å². The molecule has 0 radical (unpaired) electrons. The van der Waals surface area contributed by atoms with Gasteiger partial charge in [0.05, 0.1) is 0 Å². The van der Waals surface area contributed by atoms with Crippen LogP contribution in [0.15, 0.2) is 30.3 Å². The van der Waals surface area contributed by atoms with Gasteiger partial charge in [-0.1, -0.05) is 30.3 Å². The Labute approximate surface area is 76.0 Å². The maximum absolute atomic E-state index is 11.0. The van der Waals surface area contributed by atoms with Crippen LogP contribution >= 0.6 is 0 Å². The zero-order valence-corrected chi connectivity index (χ0v) is 7.01. The summed E-state index contributed by atoms with van der Waals surface area (Å²) < 4.78 is 4.96. The van der Waals surface area contributed by atoms with Crippen LogP contribution in [0, 0.1) is 0 Å². The zero-order chi connectivity index (χ0) is 9.26. The normalized spacial score (nSPS) is 23.8. The van der Waals surface area contributed by atoms with E-state index in [1.54, 1.807) is 12.1 Å². The lowest BCUT2D eigenvalue weighted by molar-refractivity contribution is -0.167. The van der Waals surface area contributed by atoms with Gasteiger partial charge in [0.1, 0.15) is 18.8 Å². The molecule has 1 unspecified atom stereocenters. The second-order valence-electron chi connectivity index (χ2n) is 3.05. The van der Waals surface area contributed by atoms with Gasteiger partial charge in [0.25, 0.3) is 0 Å². The van der Waals surface area contributed by atoms with E-state index in [0.717, 1.165) is 5.56 Å². The first-order chi connectivity index (χ1) is 6.29. The van der Waals surface area contributed by atoms with E-state index in [9.17, 15) is 9.90 Å². The molecule has 1 fully saturated rings. The molecular weight excluding hydrogens is 168 g/mol. The molecule has 0 amide bonds. The molecule has 2 rings (SSSR count). The van der Waals surface area contributed by atoms with Gasteiger partial charge in [0.2, 0.25) is 0 Å². The van der Waals surface area contributed by atoms with Crippen molar-refractivity contribution in [3.05, 3.63) is 35.9 Å². The first kappa shape index (κ1) is 8.41. The summed E-state index contributed by atoms with van der Waals surface area (Å²) in [4.78, 5) is 11.0. The average Bonchev–Trinajstić information content (AvgIpc) is 2.17. The van der Waals surface area contributed by atoms with E-state index in [2.05, 4.69) is 0 Å². The van der Waals surface area contributed by atoms with Gasteiger partial charge >= 0.3 is 0 Å². The van der Waals surface area contributed by atoms with Crippen LogP contribution in [-0.4, -0.2) is 23.6 Å². The number of carbonyl (C=O) groups is 1. The number of rotatable bonds is 2. The standard InChI is InChI=1S/C10H10O3/c11-8-6-13-10(8)9(12)7-4-2-1-3-5-7/h1-5,9-10,12H,6H2/t9-,10?/m1/s1. The molecule has 1 saturated heterocycles. The molecule has 0 saturated carbocycles. The number of aliphatic hydroxyl groups excluding tert-OH is 1. The Hall–Kier alpha value is -1.19. The highest BCUT2D eigenvalue weighted by atomic mass is 16.5. The van der Waals surface area contributed by atoms with Crippen molar-refractivity contribution in [2.45, 2.75) is 12.2 Å². The molecule has 0 bridgehead atoms. The molecule has 1 aromatic rings. The highest BCUT2D eigenvalue weighted by Gasteiger charge is 2.36. The lowest BCUT2D eigenvalue weighted by atomic mass is 9.99.